The van der Waals surface area contributed by atoms with Crippen molar-refractivity contribution < 1.29 is 14.3 Å². The third-order valence-corrected chi connectivity index (χ3v) is 7.15. The number of aryl methyl sites for hydroxylation is 2. The van der Waals surface area contributed by atoms with Gasteiger partial charge in [0.2, 0.25) is 0 Å². The molecule has 5 rings (SSSR count). The Labute approximate surface area is 191 Å². The van der Waals surface area contributed by atoms with Crippen LogP contribution in [0.25, 0.3) is 21.8 Å². The lowest BCUT2D eigenvalue weighted by Crippen LogP contribution is -2.15. The average molecular weight is 453 g/mol. The fraction of sp³-hybridized carbons (Fsp3) is 0.500. The molecule has 0 radical (unpaired) electrons. The summed E-state index contributed by atoms with van der Waals surface area (Å²) >= 11 is 1.59. The first kappa shape index (κ1) is 21.3. The van der Waals surface area contributed by atoms with Gasteiger partial charge in [-0.3, -0.25) is 14.5 Å². The molecule has 1 aliphatic heterocycles. The zero-order chi connectivity index (χ0) is 22.2. The molecule has 8 heteroatoms. The smallest absolute Gasteiger partial charge is 0.312 e. The Kier molecular flexibility index (Phi) is 5.82. The van der Waals surface area contributed by atoms with Crippen molar-refractivity contribution in [1.29, 1.82) is 0 Å². The van der Waals surface area contributed by atoms with Crippen LogP contribution < -0.4 is 0 Å². The molecule has 1 saturated heterocycles. The van der Waals surface area contributed by atoms with Crippen LogP contribution in [0.2, 0.25) is 0 Å². The summed E-state index contributed by atoms with van der Waals surface area (Å²) in [6.45, 7) is 8.15. The Hall–Kier alpha value is -2.58. The Morgan fingerprint density at radius 3 is 2.94 bits per heavy atom. The topological polar surface area (TPSA) is 79.1 Å². The summed E-state index contributed by atoms with van der Waals surface area (Å²) in [7, 11) is 0. The second-order valence-electron chi connectivity index (χ2n) is 8.88. The minimum Gasteiger partial charge on any atom is -0.465 e. The van der Waals surface area contributed by atoms with Crippen LogP contribution in [0.1, 0.15) is 48.3 Å². The maximum absolute atomic E-state index is 12.4. The summed E-state index contributed by atoms with van der Waals surface area (Å²) in [4.78, 5) is 22.8. The van der Waals surface area contributed by atoms with Crippen molar-refractivity contribution >= 4 is 17.3 Å². The van der Waals surface area contributed by atoms with E-state index in [1.54, 1.807) is 11.3 Å². The fourth-order valence-corrected chi connectivity index (χ4v) is 5.49. The highest BCUT2D eigenvalue weighted by Crippen LogP contribution is 2.43. The van der Waals surface area contributed by atoms with E-state index >= 15 is 0 Å². The van der Waals surface area contributed by atoms with Crippen molar-refractivity contribution in [2.45, 2.75) is 52.5 Å². The van der Waals surface area contributed by atoms with Crippen molar-refractivity contribution in [3.8, 4) is 21.8 Å². The SMILES string of the molecule is Cc1ccc(-c2nn(C(C)C)c3c2CCc2nc(CC(=O)OCC4CCOC4)sc2-3)cn1. The maximum atomic E-state index is 12.4. The van der Waals surface area contributed by atoms with Gasteiger partial charge in [-0.2, -0.15) is 5.10 Å². The molecule has 0 N–H and O–H groups in total. The van der Waals surface area contributed by atoms with E-state index in [0.717, 1.165) is 64.1 Å². The van der Waals surface area contributed by atoms with Gasteiger partial charge in [0.05, 0.1) is 41.6 Å². The third-order valence-electron chi connectivity index (χ3n) is 6.05. The Morgan fingerprint density at radius 2 is 2.22 bits per heavy atom. The Balaban J connectivity index is 1.42. The maximum Gasteiger partial charge on any atom is 0.312 e. The number of thiazole rings is 1. The highest BCUT2D eigenvalue weighted by molar-refractivity contribution is 7.15. The van der Waals surface area contributed by atoms with Crippen molar-refractivity contribution in [2.24, 2.45) is 5.92 Å². The van der Waals surface area contributed by atoms with E-state index in [2.05, 4.69) is 29.6 Å². The van der Waals surface area contributed by atoms with Crippen LogP contribution in [0, 0.1) is 12.8 Å². The van der Waals surface area contributed by atoms with Gasteiger partial charge in [0.1, 0.15) is 5.01 Å². The molecule has 168 valence electrons. The normalized spacial score (nSPS) is 17.4. The van der Waals surface area contributed by atoms with Crippen LogP contribution in [0.3, 0.4) is 0 Å². The van der Waals surface area contributed by atoms with E-state index in [1.165, 1.54) is 5.56 Å². The van der Waals surface area contributed by atoms with Crippen molar-refractivity contribution in [2.75, 3.05) is 19.8 Å². The number of carbonyl (C=O) groups is 1. The molecule has 1 atom stereocenters. The van der Waals surface area contributed by atoms with E-state index in [1.807, 2.05) is 19.2 Å². The van der Waals surface area contributed by atoms with Crippen LogP contribution in [0.4, 0.5) is 0 Å². The summed E-state index contributed by atoms with van der Waals surface area (Å²) < 4.78 is 12.9. The van der Waals surface area contributed by atoms with E-state index < -0.39 is 0 Å². The highest BCUT2D eigenvalue weighted by Gasteiger charge is 2.30. The molecule has 0 amide bonds. The largest absolute Gasteiger partial charge is 0.465 e. The molecule has 32 heavy (non-hydrogen) atoms. The quantitative estimate of drug-likeness (QED) is 0.522. The summed E-state index contributed by atoms with van der Waals surface area (Å²) in [6, 6.07) is 4.33. The number of fused-ring (bicyclic) bond motifs is 3. The molecule has 0 aromatic carbocycles. The molecule has 0 spiro atoms. The number of rotatable bonds is 6. The lowest BCUT2D eigenvalue weighted by atomic mass is 9.95. The molecule has 2 aliphatic rings. The number of hydrogen-bond donors (Lipinski definition) is 0. The summed E-state index contributed by atoms with van der Waals surface area (Å²) in [5.74, 6) is 0.105. The molecule has 4 heterocycles. The van der Waals surface area contributed by atoms with Gasteiger partial charge in [0.25, 0.3) is 0 Å². The van der Waals surface area contributed by atoms with Gasteiger partial charge in [-0.15, -0.1) is 11.3 Å². The monoisotopic (exact) mass is 452 g/mol. The van der Waals surface area contributed by atoms with Gasteiger partial charge in [0.15, 0.2) is 0 Å². The second kappa shape index (κ2) is 8.75. The van der Waals surface area contributed by atoms with E-state index in [4.69, 9.17) is 19.6 Å². The molecule has 1 aliphatic carbocycles. The van der Waals surface area contributed by atoms with E-state index in [-0.39, 0.29) is 18.4 Å². The number of carbonyl (C=O) groups excluding carboxylic acids is 1. The molecule has 3 aromatic rings. The number of nitrogens with zero attached hydrogens (tertiary/aromatic N) is 4. The standard InChI is InChI=1S/C24H28N4O3S/c1-14(2)28-23-18(22(27-28)17-5-4-15(3)25-11-17)6-7-19-24(23)32-20(26-19)10-21(29)31-13-16-8-9-30-12-16/h4-5,11,14,16H,6-10,12-13H2,1-3H3. The zero-order valence-electron chi connectivity index (χ0n) is 18.8. The van der Waals surface area contributed by atoms with Gasteiger partial charge < -0.3 is 9.47 Å². The van der Waals surface area contributed by atoms with Gasteiger partial charge in [-0.25, -0.2) is 4.98 Å². The third kappa shape index (κ3) is 4.09. The second-order valence-corrected chi connectivity index (χ2v) is 9.96. The number of aromatic nitrogens is 4. The number of esters is 1. The highest BCUT2D eigenvalue weighted by atomic mass is 32.1. The summed E-state index contributed by atoms with van der Waals surface area (Å²) in [5.41, 5.74) is 6.48. The first-order chi connectivity index (χ1) is 15.5. The molecule has 0 bridgehead atoms. The minimum absolute atomic E-state index is 0.213. The van der Waals surface area contributed by atoms with Gasteiger partial charge >= 0.3 is 5.97 Å². The molecule has 0 saturated carbocycles. The van der Waals surface area contributed by atoms with Gasteiger partial charge in [-0.1, -0.05) is 0 Å². The Morgan fingerprint density at radius 1 is 1.34 bits per heavy atom. The zero-order valence-corrected chi connectivity index (χ0v) is 19.6. The van der Waals surface area contributed by atoms with Crippen LogP contribution in [-0.4, -0.2) is 45.5 Å². The average Bonchev–Trinajstić information content (AvgIpc) is 3.50. The van der Waals surface area contributed by atoms with Gasteiger partial charge in [0, 0.05) is 41.6 Å². The number of hydrogen-bond acceptors (Lipinski definition) is 7. The van der Waals surface area contributed by atoms with E-state index in [0.29, 0.717) is 19.1 Å². The summed E-state index contributed by atoms with van der Waals surface area (Å²) in [6.07, 6.45) is 4.81. The molecule has 1 fully saturated rings. The summed E-state index contributed by atoms with van der Waals surface area (Å²) in [5, 5.41) is 5.80. The first-order valence-corrected chi connectivity index (χ1v) is 12.1. The van der Waals surface area contributed by atoms with Crippen molar-refractivity contribution in [3.05, 3.63) is 40.3 Å². The Bertz CT molecular complexity index is 1130. The molecule has 1 unspecified atom stereocenters. The van der Waals surface area contributed by atoms with Crippen LogP contribution in [0.15, 0.2) is 18.3 Å². The lowest BCUT2D eigenvalue weighted by molar-refractivity contribution is -0.144. The predicted molar refractivity (Wildman–Crippen MR) is 123 cm³/mol. The number of pyridine rings is 1. The molecular weight excluding hydrogens is 424 g/mol. The molecule has 3 aromatic heterocycles. The fourth-order valence-electron chi connectivity index (χ4n) is 4.33. The van der Waals surface area contributed by atoms with Crippen LogP contribution in [-0.2, 0) is 33.5 Å². The van der Waals surface area contributed by atoms with Crippen molar-refractivity contribution in [1.82, 2.24) is 19.7 Å². The van der Waals surface area contributed by atoms with Crippen LogP contribution in [0.5, 0.6) is 0 Å². The van der Waals surface area contributed by atoms with E-state index in [9.17, 15) is 4.79 Å². The lowest BCUT2D eigenvalue weighted by Gasteiger charge is -2.16. The molecule has 7 nitrogen and oxygen atoms in total. The minimum atomic E-state index is -0.216. The van der Waals surface area contributed by atoms with Gasteiger partial charge in [-0.05, 0) is 52.2 Å². The first-order valence-electron chi connectivity index (χ1n) is 11.3. The van der Waals surface area contributed by atoms with Crippen molar-refractivity contribution in [3.63, 3.8) is 0 Å². The van der Waals surface area contributed by atoms with Crippen LogP contribution >= 0.6 is 11.3 Å². The predicted octanol–water partition coefficient (Wildman–Crippen LogP) is 4.18. The molecular formula is C24H28N4O3S. The number of ether oxygens (including phenoxy) is 2.